The Morgan fingerprint density at radius 1 is 0.403 bits per heavy atom. The second-order valence-electron chi connectivity index (χ2n) is 20.9. The van der Waals surface area contributed by atoms with E-state index in [0.717, 1.165) is 77.0 Å². The number of carbonyl (C=O) groups is 7. The molecule has 0 spiro atoms. The molecule has 16 nitrogen and oxygen atoms in total. The first-order valence-electron chi connectivity index (χ1n) is 30.9. The average molecular weight is 1100 g/mol. The van der Waals surface area contributed by atoms with Gasteiger partial charge in [-0.25, -0.2) is 4.79 Å². The average Bonchev–Trinajstić information content (AvgIpc) is 3.42. The third-order valence-electron chi connectivity index (χ3n) is 13.4. The Hall–Kier alpha value is -3.95. The maximum Gasteiger partial charge on any atom is 0.319 e. The number of unbranched alkanes of at least 4 members (excludes halogenated alkanes) is 25. The van der Waals surface area contributed by atoms with E-state index in [9.17, 15) is 33.6 Å². The number of ether oxygens (including phenoxy) is 6. The van der Waals surface area contributed by atoms with Crippen LogP contribution in [0.1, 0.15) is 259 Å². The van der Waals surface area contributed by atoms with Crippen LogP contribution in [0.4, 0.5) is 4.79 Å². The van der Waals surface area contributed by atoms with Crippen LogP contribution < -0.4 is 5.32 Å². The van der Waals surface area contributed by atoms with Gasteiger partial charge in [-0.1, -0.05) is 202 Å². The lowest BCUT2D eigenvalue weighted by Crippen LogP contribution is -2.45. The highest BCUT2D eigenvalue weighted by Gasteiger charge is 2.23. The summed E-state index contributed by atoms with van der Waals surface area (Å²) in [5.74, 6) is -3.57. The third kappa shape index (κ3) is 52.5. The fourth-order valence-electron chi connectivity index (χ4n) is 8.50. The van der Waals surface area contributed by atoms with Crippen LogP contribution in [0.3, 0.4) is 0 Å². The Morgan fingerprint density at radius 3 is 1.03 bits per heavy atom. The molecule has 0 saturated heterocycles. The second-order valence-corrected chi connectivity index (χ2v) is 20.9. The normalized spacial score (nSPS) is 11.3. The third-order valence-corrected chi connectivity index (χ3v) is 13.4. The number of carbonyl (C=O) groups excluding carboxylic acids is 7. The van der Waals surface area contributed by atoms with Gasteiger partial charge in [0.1, 0.15) is 13.2 Å². The van der Waals surface area contributed by atoms with Crippen LogP contribution >= 0.6 is 0 Å². The van der Waals surface area contributed by atoms with Crippen LogP contribution in [-0.4, -0.2) is 132 Å². The summed E-state index contributed by atoms with van der Waals surface area (Å²) in [5.41, 5.74) is 0. The molecule has 0 saturated carbocycles. The van der Waals surface area contributed by atoms with E-state index in [1.807, 2.05) is 7.05 Å². The standard InChI is InChI=1S/C51H93N3O13.C10H22/c1-6-9-12-15-18-21-24-28-46(56)65-40-44(39-62-43-55)37-49(59)63-35-33-54(51(61)53(5)32-27-31-52-4)34-36-64-50(60)38-45(41-66-47(57)29-25-22-19-16-13-10-7-2)42-67-48(58)30-26-23-20-17-14-11-8-3;1-3-5-7-9-10-8-6-4-2/h43-45,52H,6-42H2,1-5H3;3-10H2,1-2H3. The Labute approximate surface area is 469 Å². The highest BCUT2D eigenvalue weighted by atomic mass is 16.6. The lowest BCUT2D eigenvalue weighted by atomic mass is 10.1. The number of hydrogen-bond donors (Lipinski definition) is 1. The molecule has 2 amide bonds. The zero-order chi connectivity index (χ0) is 57.3. The van der Waals surface area contributed by atoms with Crippen molar-refractivity contribution in [2.75, 3.05) is 79.9 Å². The fourth-order valence-corrected chi connectivity index (χ4v) is 8.50. The molecule has 0 aliphatic carbocycles. The fraction of sp³-hybridized carbons (Fsp3) is 0.885. The first kappa shape index (κ1) is 75.1. The predicted octanol–water partition coefficient (Wildman–Crippen LogP) is 13.4. The summed E-state index contributed by atoms with van der Waals surface area (Å²) in [6.07, 6.45) is 34.9. The van der Waals surface area contributed by atoms with Crippen LogP contribution in [0.25, 0.3) is 0 Å². The van der Waals surface area contributed by atoms with Crippen molar-refractivity contribution in [2.24, 2.45) is 11.8 Å². The van der Waals surface area contributed by atoms with Crippen LogP contribution in [0.2, 0.25) is 0 Å². The summed E-state index contributed by atoms with van der Waals surface area (Å²) in [4.78, 5) is 91.1. The van der Waals surface area contributed by atoms with Crippen molar-refractivity contribution in [1.29, 1.82) is 0 Å². The molecule has 1 unspecified atom stereocenters. The lowest BCUT2D eigenvalue weighted by Gasteiger charge is -2.28. The number of urea groups is 1. The zero-order valence-corrected chi connectivity index (χ0v) is 50.3. The van der Waals surface area contributed by atoms with Crippen LogP contribution in [0.15, 0.2) is 0 Å². The molecule has 16 heteroatoms. The van der Waals surface area contributed by atoms with E-state index in [1.54, 1.807) is 7.05 Å². The summed E-state index contributed by atoms with van der Waals surface area (Å²) in [7, 11) is 3.48. The quantitative estimate of drug-likeness (QED) is 0.0262. The Bertz CT molecular complexity index is 1380. The van der Waals surface area contributed by atoms with Gasteiger partial charge in [0.25, 0.3) is 6.47 Å². The number of rotatable bonds is 54. The van der Waals surface area contributed by atoms with Crippen molar-refractivity contribution in [3.05, 3.63) is 0 Å². The maximum atomic E-state index is 13.5. The van der Waals surface area contributed by atoms with Gasteiger partial charge in [0.2, 0.25) is 0 Å². The molecule has 0 aliphatic heterocycles. The molecule has 0 bridgehead atoms. The van der Waals surface area contributed by atoms with E-state index in [0.29, 0.717) is 19.5 Å². The van der Waals surface area contributed by atoms with Gasteiger partial charge in [-0.05, 0) is 39.3 Å². The number of nitrogens with one attached hydrogen (secondary N) is 1. The Balaban J connectivity index is 0. The van der Waals surface area contributed by atoms with Crippen molar-refractivity contribution in [1.82, 2.24) is 15.1 Å². The van der Waals surface area contributed by atoms with Crippen molar-refractivity contribution < 1.29 is 62.0 Å². The second kappa shape index (κ2) is 58.2. The smallest absolute Gasteiger partial charge is 0.319 e. The van der Waals surface area contributed by atoms with Gasteiger partial charge in [-0.15, -0.1) is 0 Å². The predicted molar refractivity (Wildman–Crippen MR) is 307 cm³/mol. The molecule has 1 atom stereocenters. The highest BCUT2D eigenvalue weighted by molar-refractivity contribution is 5.75. The Morgan fingerprint density at radius 2 is 0.714 bits per heavy atom. The van der Waals surface area contributed by atoms with Crippen LogP contribution in [-0.2, 0) is 57.2 Å². The monoisotopic (exact) mass is 1100 g/mol. The molecule has 0 aromatic carbocycles. The summed E-state index contributed by atoms with van der Waals surface area (Å²) < 4.78 is 32.4. The molecule has 0 heterocycles. The first-order valence-corrected chi connectivity index (χ1v) is 30.9. The van der Waals surface area contributed by atoms with Gasteiger partial charge >= 0.3 is 35.9 Å². The van der Waals surface area contributed by atoms with Crippen molar-refractivity contribution in [3.8, 4) is 0 Å². The highest BCUT2D eigenvalue weighted by Crippen LogP contribution is 2.15. The van der Waals surface area contributed by atoms with Crippen molar-refractivity contribution in [2.45, 2.75) is 259 Å². The number of amides is 2. The van der Waals surface area contributed by atoms with E-state index < -0.39 is 23.8 Å². The summed E-state index contributed by atoms with van der Waals surface area (Å²) in [6.45, 7) is 11.7. The van der Waals surface area contributed by atoms with E-state index in [4.69, 9.17) is 28.4 Å². The molecule has 452 valence electrons. The van der Waals surface area contributed by atoms with Crippen LogP contribution in [0, 0.1) is 11.8 Å². The molecule has 0 fully saturated rings. The Kier molecular flexibility index (Phi) is 56.8. The lowest BCUT2D eigenvalue weighted by molar-refractivity contribution is -0.155. The van der Waals surface area contributed by atoms with E-state index in [2.05, 4.69) is 39.9 Å². The molecular weight excluding hydrogens is 983 g/mol. The van der Waals surface area contributed by atoms with Gasteiger partial charge in [0, 0.05) is 44.7 Å². The van der Waals surface area contributed by atoms with E-state index in [1.165, 1.54) is 119 Å². The van der Waals surface area contributed by atoms with E-state index >= 15 is 0 Å². The van der Waals surface area contributed by atoms with Gasteiger partial charge in [0.15, 0.2) is 0 Å². The van der Waals surface area contributed by atoms with Gasteiger partial charge in [0.05, 0.1) is 52.4 Å². The van der Waals surface area contributed by atoms with Gasteiger partial charge in [-0.3, -0.25) is 28.8 Å². The van der Waals surface area contributed by atoms with E-state index in [-0.39, 0.29) is 115 Å². The number of hydrogen-bond acceptors (Lipinski definition) is 14. The minimum absolute atomic E-state index is 0.00545. The van der Waals surface area contributed by atoms with Crippen molar-refractivity contribution in [3.63, 3.8) is 0 Å². The van der Waals surface area contributed by atoms with Crippen molar-refractivity contribution >= 4 is 42.3 Å². The van der Waals surface area contributed by atoms with Crippen LogP contribution in [0.5, 0.6) is 0 Å². The number of nitrogens with zero attached hydrogens (tertiary/aromatic N) is 2. The summed E-state index contributed by atoms with van der Waals surface area (Å²) >= 11 is 0. The molecule has 77 heavy (non-hydrogen) atoms. The summed E-state index contributed by atoms with van der Waals surface area (Å²) in [5, 5.41) is 3.05. The molecule has 0 aliphatic rings. The first-order chi connectivity index (χ1) is 37.4. The molecule has 0 radical (unpaired) electrons. The SMILES string of the molecule is CCCCCCCCCC.CCCCCCCCCC(=O)OCC(COC=O)CC(=O)OCCN(CCOC(=O)CC(COC(=O)CCCCCCCCC)COC(=O)CCCCCCCCC)C(=O)N(C)CCCNC. The summed E-state index contributed by atoms with van der Waals surface area (Å²) in [6, 6.07) is -0.355. The molecule has 1 N–H and O–H groups in total. The van der Waals surface area contributed by atoms with Gasteiger partial charge in [-0.2, -0.15) is 0 Å². The zero-order valence-electron chi connectivity index (χ0n) is 50.3. The minimum Gasteiger partial charge on any atom is -0.467 e. The molecular formula is C61H115N3O13. The van der Waals surface area contributed by atoms with Gasteiger partial charge < -0.3 is 43.5 Å². The largest absolute Gasteiger partial charge is 0.467 e. The number of esters is 5. The molecule has 0 aromatic rings. The topological polar surface area (TPSA) is 193 Å². The minimum atomic E-state index is -0.624. The molecule has 0 rings (SSSR count). The maximum absolute atomic E-state index is 13.5. The molecule has 0 aromatic heterocycles.